The number of hydrogen-bond donors (Lipinski definition) is 1. The Balaban J connectivity index is 2.73. The van der Waals surface area contributed by atoms with Crippen LogP contribution in [0.15, 0.2) is 35.4 Å². The number of nitrogens with one attached hydrogen (secondary N) is 1. The van der Waals surface area contributed by atoms with Gasteiger partial charge in [0.2, 0.25) is 0 Å². The highest BCUT2D eigenvalue weighted by atomic mass is 19.2. The van der Waals surface area contributed by atoms with Crippen LogP contribution in [-0.2, 0) is 0 Å². The molecular formula is C11H6F2N2O3. The molecule has 18 heavy (non-hydrogen) atoms. The van der Waals surface area contributed by atoms with E-state index >= 15 is 0 Å². The number of hydrogen-bond acceptors (Lipinski definition) is 3. The first-order valence-corrected chi connectivity index (χ1v) is 4.82. The molecule has 0 unspecified atom stereocenters. The van der Waals surface area contributed by atoms with Gasteiger partial charge in [-0.1, -0.05) is 12.1 Å². The van der Waals surface area contributed by atoms with Gasteiger partial charge in [-0.15, -0.1) is 0 Å². The topological polar surface area (TPSA) is 76.0 Å². The summed E-state index contributed by atoms with van der Waals surface area (Å²) in [6.07, 6.45) is 1.98. The number of aromatic amines is 1. The summed E-state index contributed by atoms with van der Waals surface area (Å²) in [7, 11) is 0. The molecule has 0 aliphatic carbocycles. The molecule has 0 saturated heterocycles. The molecule has 2 aromatic rings. The largest absolute Gasteiger partial charge is 0.361 e. The lowest BCUT2D eigenvalue weighted by Gasteiger charge is -2.02. The van der Waals surface area contributed by atoms with E-state index in [9.17, 15) is 23.7 Å². The molecule has 7 heteroatoms. The van der Waals surface area contributed by atoms with Crippen molar-refractivity contribution < 1.29 is 13.7 Å². The van der Waals surface area contributed by atoms with E-state index in [2.05, 4.69) is 4.98 Å². The number of pyridine rings is 1. The number of H-pyrrole nitrogens is 1. The molecule has 0 fully saturated rings. The number of nitrogens with zero attached hydrogens (tertiary/aromatic N) is 1. The van der Waals surface area contributed by atoms with Crippen LogP contribution in [0.1, 0.15) is 0 Å². The van der Waals surface area contributed by atoms with Crippen molar-refractivity contribution in [1.29, 1.82) is 0 Å². The number of halogens is 2. The summed E-state index contributed by atoms with van der Waals surface area (Å²) in [4.78, 5) is 23.8. The molecule has 1 aromatic carbocycles. The summed E-state index contributed by atoms with van der Waals surface area (Å²) in [5.74, 6) is -2.35. The number of rotatable bonds is 2. The van der Waals surface area contributed by atoms with Gasteiger partial charge in [0.1, 0.15) is 0 Å². The Morgan fingerprint density at radius 2 is 1.89 bits per heavy atom. The van der Waals surface area contributed by atoms with Gasteiger partial charge in [-0.05, 0) is 6.07 Å². The minimum absolute atomic E-state index is 0.291. The zero-order valence-corrected chi connectivity index (χ0v) is 8.81. The fourth-order valence-electron chi connectivity index (χ4n) is 1.52. The Morgan fingerprint density at radius 1 is 1.17 bits per heavy atom. The summed E-state index contributed by atoms with van der Waals surface area (Å²) >= 11 is 0. The van der Waals surface area contributed by atoms with E-state index in [0.717, 1.165) is 18.5 Å². The van der Waals surface area contributed by atoms with Crippen LogP contribution < -0.4 is 5.43 Å². The van der Waals surface area contributed by atoms with E-state index < -0.39 is 27.7 Å². The molecule has 0 spiro atoms. The van der Waals surface area contributed by atoms with Crippen molar-refractivity contribution in [1.82, 2.24) is 4.98 Å². The van der Waals surface area contributed by atoms with Gasteiger partial charge in [0.15, 0.2) is 11.6 Å². The quantitative estimate of drug-likeness (QED) is 0.657. The fourth-order valence-corrected chi connectivity index (χ4v) is 1.52. The summed E-state index contributed by atoms with van der Waals surface area (Å²) in [5.41, 5.74) is -2.31. The monoisotopic (exact) mass is 252 g/mol. The normalized spacial score (nSPS) is 10.3. The minimum Gasteiger partial charge on any atom is -0.361 e. The Hall–Kier alpha value is -2.57. The maximum Gasteiger partial charge on any atom is 0.332 e. The van der Waals surface area contributed by atoms with Crippen LogP contribution in [-0.4, -0.2) is 9.91 Å². The van der Waals surface area contributed by atoms with Crippen LogP contribution in [0.25, 0.3) is 11.1 Å². The lowest BCUT2D eigenvalue weighted by molar-refractivity contribution is -0.386. The molecule has 0 aliphatic rings. The predicted octanol–water partition coefficient (Wildman–Crippen LogP) is 2.23. The van der Waals surface area contributed by atoms with Crippen molar-refractivity contribution in [2.24, 2.45) is 0 Å². The molecule has 1 N–H and O–H groups in total. The fraction of sp³-hybridized carbons (Fsp3) is 0. The summed E-state index contributed by atoms with van der Waals surface area (Å²) < 4.78 is 26.5. The minimum atomic E-state index is -1.22. The standard InChI is InChI=1S/C11H6F2N2O3/c12-8-3-1-2-6(10(8)13)7-4-14-5-9(11(7)16)15(17)18/h1-5H,(H,14,16). The van der Waals surface area contributed by atoms with Crippen molar-refractivity contribution in [2.75, 3.05) is 0 Å². The van der Waals surface area contributed by atoms with Crippen molar-refractivity contribution in [3.05, 3.63) is 62.6 Å². The summed E-state index contributed by atoms with van der Waals surface area (Å²) in [6, 6.07) is 3.28. The third-order valence-electron chi connectivity index (χ3n) is 2.36. The zero-order valence-electron chi connectivity index (χ0n) is 8.81. The molecule has 2 rings (SSSR count). The first-order chi connectivity index (χ1) is 8.52. The smallest absolute Gasteiger partial charge is 0.332 e. The first kappa shape index (κ1) is 11.9. The highest BCUT2D eigenvalue weighted by molar-refractivity contribution is 5.65. The van der Waals surface area contributed by atoms with Gasteiger partial charge < -0.3 is 4.98 Å². The third kappa shape index (κ3) is 1.86. The Bertz CT molecular complexity index is 682. The lowest BCUT2D eigenvalue weighted by Crippen LogP contribution is -2.11. The number of nitro groups is 1. The zero-order chi connectivity index (χ0) is 13.3. The molecule has 0 radical (unpaired) electrons. The van der Waals surface area contributed by atoms with Crippen LogP contribution in [0.3, 0.4) is 0 Å². The van der Waals surface area contributed by atoms with Crippen molar-refractivity contribution in [3.8, 4) is 11.1 Å². The predicted molar refractivity (Wildman–Crippen MR) is 59.1 cm³/mol. The van der Waals surface area contributed by atoms with Crippen LogP contribution in [0, 0.1) is 21.7 Å². The van der Waals surface area contributed by atoms with E-state index in [1.165, 1.54) is 12.1 Å². The average molecular weight is 252 g/mol. The first-order valence-electron chi connectivity index (χ1n) is 4.82. The highest BCUT2D eigenvalue weighted by Crippen LogP contribution is 2.22. The Kier molecular flexibility index (Phi) is 2.88. The molecule has 92 valence electrons. The molecule has 0 bridgehead atoms. The van der Waals surface area contributed by atoms with Gasteiger partial charge in [-0.25, -0.2) is 8.78 Å². The van der Waals surface area contributed by atoms with Crippen LogP contribution in [0.4, 0.5) is 14.5 Å². The molecule has 0 atom stereocenters. The SMILES string of the molecule is O=c1c(-c2cccc(F)c2F)c[nH]cc1[N+](=O)[O-]. The Morgan fingerprint density at radius 3 is 2.56 bits per heavy atom. The number of aromatic nitrogens is 1. The van der Waals surface area contributed by atoms with Crippen LogP contribution >= 0.6 is 0 Å². The van der Waals surface area contributed by atoms with E-state index in [-0.39, 0.29) is 11.1 Å². The van der Waals surface area contributed by atoms with Gasteiger partial charge in [0.05, 0.1) is 16.7 Å². The maximum atomic E-state index is 13.5. The van der Waals surface area contributed by atoms with Gasteiger partial charge in [-0.2, -0.15) is 0 Å². The van der Waals surface area contributed by atoms with Gasteiger partial charge in [-0.3, -0.25) is 14.9 Å². The summed E-state index contributed by atoms with van der Waals surface area (Å²) in [5, 5.41) is 10.6. The van der Waals surface area contributed by atoms with Gasteiger partial charge >= 0.3 is 5.69 Å². The van der Waals surface area contributed by atoms with E-state index in [0.29, 0.717) is 0 Å². The second-order valence-electron chi connectivity index (χ2n) is 3.44. The van der Waals surface area contributed by atoms with Crippen molar-refractivity contribution in [2.45, 2.75) is 0 Å². The van der Waals surface area contributed by atoms with Gasteiger partial charge in [0.25, 0.3) is 5.43 Å². The molecule has 1 aromatic heterocycles. The molecule has 0 saturated carbocycles. The number of benzene rings is 1. The van der Waals surface area contributed by atoms with Crippen molar-refractivity contribution in [3.63, 3.8) is 0 Å². The van der Waals surface area contributed by atoms with E-state index in [1.807, 2.05) is 0 Å². The highest BCUT2D eigenvalue weighted by Gasteiger charge is 2.19. The van der Waals surface area contributed by atoms with Crippen molar-refractivity contribution >= 4 is 5.69 Å². The molecule has 1 heterocycles. The third-order valence-corrected chi connectivity index (χ3v) is 2.36. The second kappa shape index (κ2) is 4.36. The average Bonchev–Trinajstić information content (AvgIpc) is 2.33. The second-order valence-corrected chi connectivity index (χ2v) is 3.44. The van der Waals surface area contributed by atoms with Crippen LogP contribution in [0.5, 0.6) is 0 Å². The molecule has 5 nitrogen and oxygen atoms in total. The van der Waals surface area contributed by atoms with E-state index in [4.69, 9.17) is 0 Å². The molecule has 0 aliphatic heterocycles. The molecule has 0 amide bonds. The molecular weight excluding hydrogens is 246 g/mol. The van der Waals surface area contributed by atoms with Gasteiger partial charge in [0, 0.05) is 11.8 Å². The van der Waals surface area contributed by atoms with Crippen LogP contribution in [0.2, 0.25) is 0 Å². The maximum absolute atomic E-state index is 13.5. The lowest BCUT2D eigenvalue weighted by atomic mass is 10.1. The Labute approximate surface area is 98.9 Å². The summed E-state index contributed by atoms with van der Waals surface area (Å²) in [6.45, 7) is 0. The van der Waals surface area contributed by atoms with E-state index in [1.54, 1.807) is 0 Å².